The van der Waals surface area contributed by atoms with Crippen LogP contribution in [0.25, 0.3) is 0 Å². The fourth-order valence-corrected chi connectivity index (χ4v) is 4.49. The summed E-state index contributed by atoms with van der Waals surface area (Å²) in [6.07, 6.45) is 10.7. The normalized spacial score (nSPS) is 13.3. The van der Waals surface area contributed by atoms with Gasteiger partial charge in [-0.2, -0.15) is 0 Å². The smallest absolute Gasteiger partial charge is 0.326 e. The van der Waals surface area contributed by atoms with Gasteiger partial charge in [-0.25, -0.2) is 24.1 Å². The number of carboxylic acid groups (broad SMARTS) is 1. The molecule has 3 N–H and O–H groups in total. The Kier molecular flexibility index (Phi) is 10.8. The minimum absolute atomic E-state index is 0.318. The van der Waals surface area contributed by atoms with Gasteiger partial charge in [0.25, 0.3) is 0 Å². The number of aliphatic carboxylic acids is 1. The van der Waals surface area contributed by atoms with Gasteiger partial charge in [0.1, 0.15) is 35.9 Å². The summed E-state index contributed by atoms with van der Waals surface area (Å²) in [6.45, 7) is 3.09. The van der Waals surface area contributed by atoms with Crippen LogP contribution in [0.4, 0.5) is 16.0 Å². The van der Waals surface area contributed by atoms with Crippen molar-refractivity contribution in [2.45, 2.75) is 44.6 Å². The molecule has 3 aromatic rings. The number of fused-ring (bicyclic) bond motifs is 1. The molecule has 0 aliphatic carbocycles. The second-order valence-corrected chi connectivity index (χ2v) is 9.59. The molecule has 1 aliphatic rings. The molecule has 0 saturated heterocycles. The van der Waals surface area contributed by atoms with E-state index in [0.29, 0.717) is 43.6 Å². The van der Waals surface area contributed by atoms with Gasteiger partial charge in [-0.1, -0.05) is 6.07 Å². The first-order valence-electron chi connectivity index (χ1n) is 13.5. The lowest BCUT2D eigenvalue weighted by molar-refractivity contribution is -0.138. The van der Waals surface area contributed by atoms with E-state index >= 15 is 0 Å². The lowest BCUT2D eigenvalue weighted by Crippen LogP contribution is -2.37. The Balaban J connectivity index is 1.30. The van der Waals surface area contributed by atoms with Gasteiger partial charge in [-0.05, 0) is 56.7 Å². The Labute approximate surface area is 233 Å². The first-order chi connectivity index (χ1) is 19.5. The molecular formula is C28H36FN7O4. The number of carboxylic acids is 1. The number of rotatable bonds is 16. The SMILES string of the molecule is COc1cnc(NC(CCN(CCCCc2ccc3c(n2)NCCC3)CCOc2cncc(F)c2)C(=O)O)cn1. The van der Waals surface area contributed by atoms with Crippen LogP contribution < -0.4 is 20.1 Å². The van der Waals surface area contributed by atoms with Crippen LogP contribution >= 0.6 is 0 Å². The zero-order valence-electron chi connectivity index (χ0n) is 22.7. The van der Waals surface area contributed by atoms with Crippen LogP contribution in [0, 0.1) is 5.82 Å². The second kappa shape index (κ2) is 14.9. The van der Waals surface area contributed by atoms with Crippen molar-refractivity contribution in [1.82, 2.24) is 24.8 Å². The lowest BCUT2D eigenvalue weighted by Gasteiger charge is -2.24. The first kappa shape index (κ1) is 28.9. The largest absolute Gasteiger partial charge is 0.491 e. The predicted octanol–water partition coefficient (Wildman–Crippen LogP) is 3.43. The summed E-state index contributed by atoms with van der Waals surface area (Å²) in [5.41, 5.74) is 2.34. The molecule has 12 heteroatoms. The monoisotopic (exact) mass is 553 g/mol. The van der Waals surface area contributed by atoms with Gasteiger partial charge in [-0.15, -0.1) is 0 Å². The highest BCUT2D eigenvalue weighted by molar-refractivity contribution is 5.76. The molecule has 214 valence electrons. The average molecular weight is 554 g/mol. The topological polar surface area (TPSA) is 135 Å². The van der Waals surface area contributed by atoms with Crippen molar-refractivity contribution in [3.63, 3.8) is 0 Å². The predicted molar refractivity (Wildman–Crippen MR) is 148 cm³/mol. The molecule has 3 aromatic heterocycles. The third-order valence-electron chi connectivity index (χ3n) is 6.66. The Hall–Kier alpha value is -4.06. The summed E-state index contributed by atoms with van der Waals surface area (Å²) < 4.78 is 24.2. The van der Waals surface area contributed by atoms with Gasteiger partial charge >= 0.3 is 5.97 Å². The summed E-state index contributed by atoms with van der Waals surface area (Å²) in [6, 6.07) is 4.71. The fraction of sp³-hybridized carbons (Fsp3) is 0.464. The maximum Gasteiger partial charge on any atom is 0.326 e. The van der Waals surface area contributed by atoms with E-state index < -0.39 is 17.8 Å². The van der Waals surface area contributed by atoms with Crippen molar-refractivity contribution in [3.05, 3.63) is 60.1 Å². The minimum atomic E-state index is -0.980. The summed E-state index contributed by atoms with van der Waals surface area (Å²) in [7, 11) is 1.49. The highest BCUT2D eigenvalue weighted by atomic mass is 19.1. The molecule has 40 heavy (non-hydrogen) atoms. The van der Waals surface area contributed by atoms with Crippen LogP contribution in [0.5, 0.6) is 11.6 Å². The van der Waals surface area contributed by atoms with E-state index in [1.165, 1.54) is 37.3 Å². The number of nitrogens with one attached hydrogen (secondary N) is 2. The number of aromatic nitrogens is 4. The number of carbonyl (C=O) groups is 1. The summed E-state index contributed by atoms with van der Waals surface area (Å²) >= 11 is 0. The van der Waals surface area contributed by atoms with Gasteiger partial charge in [0.15, 0.2) is 0 Å². The summed E-state index contributed by atoms with van der Waals surface area (Å²) in [5, 5.41) is 16.1. The molecule has 0 saturated carbocycles. The van der Waals surface area contributed by atoms with Crippen molar-refractivity contribution in [2.75, 3.05) is 50.5 Å². The van der Waals surface area contributed by atoms with Crippen LogP contribution in [0.2, 0.25) is 0 Å². The minimum Gasteiger partial charge on any atom is -0.491 e. The molecule has 1 aliphatic heterocycles. The van der Waals surface area contributed by atoms with E-state index in [-0.39, 0.29) is 0 Å². The number of anilines is 2. The van der Waals surface area contributed by atoms with Gasteiger partial charge in [-0.3, -0.25) is 9.88 Å². The molecule has 4 heterocycles. The first-order valence-corrected chi connectivity index (χ1v) is 13.5. The zero-order chi connectivity index (χ0) is 28.2. The van der Waals surface area contributed by atoms with E-state index in [4.69, 9.17) is 14.5 Å². The number of halogens is 1. The molecular weight excluding hydrogens is 517 g/mol. The molecule has 0 radical (unpaired) electrons. The molecule has 0 bridgehead atoms. The number of hydrogen-bond donors (Lipinski definition) is 3. The van der Waals surface area contributed by atoms with E-state index in [0.717, 1.165) is 62.9 Å². The molecule has 0 spiro atoms. The molecule has 1 unspecified atom stereocenters. The van der Waals surface area contributed by atoms with E-state index in [1.54, 1.807) is 0 Å². The second-order valence-electron chi connectivity index (χ2n) is 9.59. The molecule has 0 aromatic carbocycles. The Morgan fingerprint density at radius 3 is 2.85 bits per heavy atom. The van der Waals surface area contributed by atoms with Gasteiger partial charge in [0.05, 0.1) is 31.9 Å². The number of ether oxygens (including phenoxy) is 2. The third kappa shape index (κ3) is 9.01. The molecule has 11 nitrogen and oxygen atoms in total. The number of hydrogen-bond acceptors (Lipinski definition) is 10. The maximum atomic E-state index is 13.5. The standard InChI is InChI=1S/C28H36FN7O4/c1-39-26-19-32-25(18-33-26)35-24(28(37)38)9-12-36(13-14-40-23-15-21(29)16-30-17-23)11-3-2-6-22-8-7-20-5-4-10-31-27(20)34-22/h7-8,15-19,24H,2-6,9-14H2,1H3,(H,31,34)(H,32,35)(H,37,38). The van der Waals surface area contributed by atoms with Crippen LogP contribution in [0.1, 0.15) is 36.9 Å². The number of methoxy groups -OCH3 is 1. The number of aryl methyl sites for hydroxylation is 2. The van der Waals surface area contributed by atoms with Crippen LogP contribution in [0.3, 0.4) is 0 Å². The quantitative estimate of drug-likeness (QED) is 0.225. The zero-order valence-corrected chi connectivity index (χ0v) is 22.7. The third-order valence-corrected chi connectivity index (χ3v) is 6.66. The average Bonchev–Trinajstić information content (AvgIpc) is 2.97. The van der Waals surface area contributed by atoms with Crippen molar-refractivity contribution in [2.24, 2.45) is 0 Å². The van der Waals surface area contributed by atoms with Crippen molar-refractivity contribution < 1.29 is 23.8 Å². The summed E-state index contributed by atoms with van der Waals surface area (Å²) in [5.74, 6) is 0.620. The van der Waals surface area contributed by atoms with Gasteiger partial charge in [0.2, 0.25) is 5.88 Å². The number of pyridine rings is 2. The van der Waals surface area contributed by atoms with Crippen molar-refractivity contribution in [3.8, 4) is 11.6 Å². The van der Waals surface area contributed by atoms with Crippen molar-refractivity contribution in [1.29, 1.82) is 0 Å². The molecule has 1 atom stereocenters. The maximum absolute atomic E-state index is 13.5. The van der Waals surface area contributed by atoms with E-state index in [2.05, 4.69) is 42.6 Å². The lowest BCUT2D eigenvalue weighted by atomic mass is 10.1. The van der Waals surface area contributed by atoms with Crippen LogP contribution in [0.15, 0.2) is 43.0 Å². The van der Waals surface area contributed by atoms with Gasteiger partial charge in [0, 0.05) is 31.4 Å². The number of unbranched alkanes of at least 4 members (excludes halogenated alkanes) is 1. The van der Waals surface area contributed by atoms with Crippen LogP contribution in [-0.4, -0.2) is 81.8 Å². The van der Waals surface area contributed by atoms with Gasteiger partial charge < -0.3 is 25.2 Å². The summed E-state index contributed by atoms with van der Waals surface area (Å²) in [4.78, 5) is 30.9. The Bertz CT molecular complexity index is 1230. The molecule has 4 rings (SSSR count). The fourth-order valence-electron chi connectivity index (χ4n) is 4.49. The highest BCUT2D eigenvalue weighted by Crippen LogP contribution is 2.20. The van der Waals surface area contributed by atoms with Crippen molar-refractivity contribution >= 4 is 17.6 Å². The van der Waals surface area contributed by atoms with E-state index in [9.17, 15) is 14.3 Å². The number of nitrogens with zero attached hydrogens (tertiary/aromatic N) is 5. The molecule has 0 amide bonds. The Morgan fingerprint density at radius 1 is 1.18 bits per heavy atom. The Morgan fingerprint density at radius 2 is 2.08 bits per heavy atom. The molecule has 0 fully saturated rings. The highest BCUT2D eigenvalue weighted by Gasteiger charge is 2.20. The van der Waals surface area contributed by atoms with E-state index in [1.807, 2.05) is 0 Å². The van der Waals surface area contributed by atoms with Crippen LogP contribution in [-0.2, 0) is 17.6 Å².